The molecular formula is C12H10Cl2N2O. The Hall–Kier alpha value is -1.45. The van der Waals surface area contributed by atoms with Crippen molar-refractivity contribution in [3.05, 3.63) is 57.8 Å². The monoisotopic (exact) mass is 268 g/mol. The van der Waals surface area contributed by atoms with Crippen LogP contribution in [0.5, 0.6) is 0 Å². The zero-order valence-electron chi connectivity index (χ0n) is 8.84. The Bertz CT molecular complexity index is 523. The summed E-state index contributed by atoms with van der Waals surface area (Å²) in [6, 6.07) is 8.56. The number of nitrogens with one attached hydrogen (secondary N) is 2. The van der Waals surface area contributed by atoms with Crippen molar-refractivity contribution in [1.82, 2.24) is 10.3 Å². The normalized spacial score (nSPS) is 10.2. The van der Waals surface area contributed by atoms with Crippen LogP contribution in [-0.2, 0) is 6.54 Å². The van der Waals surface area contributed by atoms with Crippen molar-refractivity contribution in [2.75, 3.05) is 0 Å². The van der Waals surface area contributed by atoms with E-state index in [1.807, 2.05) is 12.1 Å². The van der Waals surface area contributed by atoms with E-state index in [2.05, 4.69) is 10.3 Å². The van der Waals surface area contributed by atoms with Crippen LogP contribution in [0.1, 0.15) is 16.1 Å². The Balaban J connectivity index is 2.07. The lowest BCUT2D eigenvalue weighted by atomic mass is 10.2. The average molecular weight is 269 g/mol. The standard InChI is InChI=1S/C12H10Cl2N2O/c13-8-3-4-11(14)10(6-8)12(17)16-7-9-2-1-5-15-9/h1-6,15H,7H2,(H,16,17). The van der Waals surface area contributed by atoms with Gasteiger partial charge in [-0.25, -0.2) is 0 Å². The van der Waals surface area contributed by atoms with Crippen molar-refractivity contribution in [2.45, 2.75) is 6.54 Å². The van der Waals surface area contributed by atoms with Crippen LogP contribution in [0, 0.1) is 0 Å². The third-order valence-electron chi connectivity index (χ3n) is 2.27. The Kier molecular flexibility index (Phi) is 3.71. The number of rotatable bonds is 3. The van der Waals surface area contributed by atoms with Gasteiger partial charge in [-0.1, -0.05) is 23.2 Å². The average Bonchev–Trinajstić information content (AvgIpc) is 2.82. The molecule has 1 aromatic heterocycles. The second-order valence-electron chi connectivity index (χ2n) is 3.50. The molecule has 88 valence electrons. The van der Waals surface area contributed by atoms with Crippen molar-refractivity contribution in [1.29, 1.82) is 0 Å². The number of hydrogen-bond acceptors (Lipinski definition) is 1. The first-order valence-electron chi connectivity index (χ1n) is 5.02. The van der Waals surface area contributed by atoms with Crippen LogP contribution in [0.4, 0.5) is 0 Å². The molecule has 0 fully saturated rings. The summed E-state index contributed by atoms with van der Waals surface area (Å²) in [5, 5.41) is 3.63. The van der Waals surface area contributed by atoms with Gasteiger partial charge in [-0.15, -0.1) is 0 Å². The zero-order chi connectivity index (χ0) is 12.3. The minimum atomic E-state index is -0.243. The number of H-pyrrole nitrogens is 1. The summed E-state index contributed by atoms with van der Waals surface area (Å²) < 4.78 is 0. The van der Waals surface area contributed by atoms with Gasteiger partial charge < -0.3 is 10.3 Å². The van der Waals surface area contributed by atoms with Crippen molar-refractivity contribution in [3.8, 4) is 0 Å². The van der Waals surface area contributed by atoms with E-state index in [9.17, 15) is 4.79 Å². The predicted octanol–water partition coefficient (Wildman–Crippen LogP) is 3.25. The first-order valence-corrected chi connectivity index (χ1v) is 5.78. The molecule has 0 aliphatic carbocycles. The maximum absolute atomic E-state index is 11.8. The van der Waals surface area contributed by atoms with Crippen LogP contribution in [0.3, 0.4) is 0 Å². The Morgan fingerprint density at radius 1 is 1.29 bits per heavy atom. The molecule has 2 N–H and O–H groups in total. The minimum Gasteiger partial charge on any atom is -0.364 e. The summed E-state index contributed by atoms with van der Waals surface area (Å²) >= 11 is 11.7. The summed E-state index contributed by atoms with van der Waals surface area (Å²) in [6.45, 7) is 0.425. The summed E-state index contributed by atoms with van der Waals surface area (Å²) in [5.41, 5.74) is 1.31. The smallest absolute Gasteiger partial charge is 0.253 e. The van der Waals surface area contributed by atoms with Crippen molar-refractivity contribution >= 4 is 29.1 Å². The molecule has 0 atom stereocenters. The highest BCUT2D eigenvalue weighted by Gasteiger charge is 2.10. The van der Waals surface area contributed by atoms with Crippen molar-refractivity contribution in [3.63, 3.8) is 0 Å². The molecule has 3 nitrogen and oxygen atoms in total. The first kappa shape index (κ1) is 12.0. The highest BCUT2D eigenvalue weighted by atomic mass is 35.5. The Morgan fingerprint density at radius 2 is 2.12 bits per heavy atom. The molecule has 0 aliphatic rings. The van der Waals surface area contributed by atoms with Gasteiger partial charge in [0.05, 0.1) is 17.1 Å². The Labute approximate surface area is 109 Å². The number of aromatic nitrogens is 1. The fourth-order valence-electron chi connectivity index (χ4n) is 1.42. The molecule has 0 unspecified atom stereocenters. The van der Waals surface area contributed by atoms with E-state index in [0.29, 0.717) is 22.2 Å². The third kappa shape index (κ3) is 3.02. The largest absolute Gasteiger partial charge is 0.364 e. The van der Waals surface area contributed by atoms with Gasteiger partial charge in [-0.05, 0) is 30.3 Å². The number of hydrogen-bond donors (Lipinski definition) is 2. The highest BCUT2D eigenvalue weighted by Crippen LogP contribution is 2.20. The predicted molar refractivity (Wildman–Crippen MR) is 68.4 cm³/mol. The van der Waals surface area contributed by atoms with E-state index in [4.69, 9.17) is 23.2 Å². The topological polar surface area (TPSA) is 44.9 Å². The number of halogens is 2. The second-order valence-corrected chi connectivity index (χ2v) is 4.35. The van der Waals surface area contributed by atoms with Crippen LogP contribution in [0.25, 0.3) is 0 Å². The van der Waals surface area contributed by atoms with E-state index in [1.54, 1.807) is 24.4 Å². The van der Waals surface area contributed by atoms with E-state index in [-0.39, 0.29) is 5.91 Å². The van der Waals surface area contributed by atoms with Crippen LogP contribution in [0.15, 0.2) is 36.5 Å². The van der Waals surface area contributed by atoms with E-state index in [0.717, 1.165) is 5.69 Å². The van der Waals surface area contributed by atoms with Gasteiger partial charge in [0.25, 0.3) is 5.91 Å². The van der Waals surface area contributed by atoms with Gasteiger partial charge in [0, 0.05) is 16.9 Å². The first-order chi connectivity index (χ1) is 8.16. The number of benzene rings is 1. The summed E-state index contributed by atoms with van der Waals surface area (Å²) in [4.78, 5) is 14.8. The molecule has 2 aromatic rings. The molecule has 0 bridgehead atoms. The van der Waals surface area contributed by atoms with E-state index < -0.39 is 0 Å². The summed E-state index contributed by atoms with van der Waals surface area (Å²) in [7, 11) is 0. The SMILES string of the molecule is O=C(NCc1ccc[nH]1)c1cc(Cl)ccc1Cl. The molecular weight excluding hydrogens is 259 g/mol. The van der Waals surface area contributed by atoms with Crippen molar-refractivity contribution < 1.29 is 4.79 Å². The quantitative estimate of drug-likeness (QED) is 0.882. The lowest BCUT2D eigenvalue weighted by Crippen LogP contribution is -2.23. The summed E-state index contributed by atoms with van der Waals surface area (Å²) in [5.74, 6) is -0.243. The molecule has 0 radical (unpaired) electrons. The number of carbonyl (C=O) groups excluding carboxylic acids is 1. The van der Waals surface area contributed by atoms with Crippen molar-refractivity contribution in [2.24, 2.45) is 0 Å². The lowest BCUT2D eigenvalue weighted by molar-refractivity contribution is 0.0950. The maximum Gasteiger partial charge on any atom is 0.253 e. The molecule has 5 heteroatoms. The third-order valence-corrected chi connectivity index (χ3v) is 2.84. The van der Waals surface area contributed by atoms with Crippen LogP contribution >= 0.6 is 23.2 Å². The molecule has 1 amide bonds. The second kappa shape index (κ2) is 5.25. The highest BCUT2D eigenvalue weighted by molar-refractivity contribution is 6.35. The molecule has 0 aliphatic heterocycles. The van der Waals surface area contributed by atoms with Crippen LogP contribution in [-0.4, -0.2) is 10.9 Å². The summed E-state index contributed by atoms with van der Waals surface area (Å²) in [6.07, 6.45) is 1.80. The minimum absolute atomic E-state index is 0.243. The number of amides is 1. The van der Waals surface area contributed by atoms with E-state index >= 15 is 0 Å². The maximum atomic E-state index is 11.8. The Morgan fingerprint density at radius 3 is 2.82 bits per heavy atom. The molecule has 0 spiro atoms. The van der Waals surface area contributed by atoms with Gasteiger partial charge in [0.2, 0.25) is 0 Å². The molecule has 0 saturated carbocycles. The van der Waals surface area contributed by atoms with Gasteiger partial charge in [-0.2, -0.15) is 0 Å². The van der Waals surface area contributed by atoms with Gasteiger partial charge >= 0.3 is 0 Å². The van der Waals surface area contributed by atoms with E-state index in [1.165, 1.54) is 0 Å². The fraction of sp³-hybridized carbons (Fsp3) is 0.0833. The fourth-order valence-corrected chi connectivity index (χ4v) is 1.80. The van der Waals surface area contributed by atoms with Crippen LogP contribution in [0.2, 0.25) is 10.0 Å². The molecule has 0 saturated heterocycles. The number of aromatic amines is 1. The molecule has 2 rings (SSSR count). The number of carbonyl (C=O) groups is 1. The molecule has 17 heavy (non-hydrogen) atoms. The zero-order valence-corrected chi connectivity index (χ0v) is 10.3. The molecule has 1 heterocycles. The van der Waals surface area contributed by atoms with Gasteiger partial charge in [-0.3, -0.25) is 4.79 Å². The van der Waals surface area contributed by atoms with Crippen LogP contribution < -0.4 is 5.32 Å². The van der Waals surface area contributed by atoms with Gasteiger partial charge in [0.1, 0.15) is 0 Å². The lowest BCUT2D eigenvalue weighted by Gasteiger charge is -2.06. The van der Waals surface area contributed by atoms with Gasteiger partial charge in [0.15, 0.2) is 0 Å². The molecule has 1 aromatic carbocycles.